The van der Waals surface area contributed by atoms with Gasteiger partial charge in [0.15, 0.2) is 0 Å². The van der Waals surface area contributed by atoms with Crippen LogP contribution in [0.1, 0.15) is 30.6 Å². The highest BCUT2D eigenvalue weighted by Gasteiger charge is 2.15. The lowest BCUT2D eigenvalue weighted by molar-refractivity contribution is 0.0485. The Bertz CT molecular complexity index is 582. The van der Waals surface area contributed by atoms with Gasteiger partial charge in [-0.2, -0.15) is 8.42 Å². The van der Waals surface area contributed by atoms with Gasteiger partial charge < -0.3 is 14.0 Å². The molecule has 112 valence electrons. The van der Waals surface area contributed by atoms with Crippen molar-refractivity contribution in [1.82, 2.24) is 0 Å². The molecule has 6 nitrogen and oxygen atoms in total. The van der Waals surface area contributed by atoms with E-state index in [9.17, 15) is 18.3 Å². The molecule has 0 radical (unpaired) electrons. The summed E-state index contributed by atoms with van der Waals surface area (Å²) in [6, 6.07) is 3.36. The Hall–Kier alpha value is -1.47. The van der Waals surface area contributed by atoms with Crippen LogP contribution in [0.2, 0.25) is 0 Å². The molecule has 1 N–H and O–H groups in total. The van der Waals surface area contributed by atoms with E-state index in [2.05, 4.69) is 4.18 Å². The van der Waals surface area contributed by atoms with Gasteiger partial charge in [-0.15, -0.1) is 0 Å². The number of carbonyl (C=O) groups excluding carboxylic acids is 1. The van der Waals surface area contributed by atoms with Crippen LogP contribution in [0.4, 0.5) is 0 Å². The zero-order valence-electron chi connectivity index (χ0n) is 11.0. The third-order valence-electron chi connectivity index (χ3n) is 2.31. The number of carbonyl (C=O) groups is 1. The average molecular weight is 323 g/mol. The zero-order valence-corrected chi connectivity index (χ0v) is 12.6. The zero-order chi connectivity index (χ0) is 15.3. The maximum atomic E-state index is 11.7. The van der Waals surface area contributed by atoms with Gasteiger partial charge in [-0.1, -0.05) is 13.8 Å². The summed E-state index contributed by atoms with van der Waals surface area (Å²) in [5.74, 6) is -0.946. The number of phenols is 1. The number of phenolic OH excluding ortho intramolecular Hbond substituents is 1. The van der Waals surface area contributed by atoms with E-state index >= 15 is 0 Å². The van der Waals surface area contributed by atoms with Gasteiger partial charge in [-0.3, -0.25) is 0 Å². The summed E-state index contributed by atoms with van der Waals surface area (Å²) < 4.78 is 30.7. The normalized spacial score (nSPS) is 11.4. The topological polar surface area (TPSA) is 89.9 Å². The number of halogens is 1. The lowest BCUT2D eigenvalue weighted by Gasteiger charge is -2.08. The molecule has 0 spiro atoms. The maximum absolute atomic E-state index is 11.7. The summed E-state index contributed by atoms with van der Waals surface area (Å²) in [7, 11) is 0.691. The predicted octanol–water partition coefficient (Wildman–Crippen LogP) is 2.46. The van der Waals surface area contributed by atoms with E-state index in [4.69, 9.17) is 15.4 Å². The Morgan fingerprint density at radius 3 is 2.55 bits per heavy atom. The SMILES string of the molecule is CC(C)CCOC(=O)c1ccc(OS(=O)(=O)Cl)cc1O. The van der Waals surface area contributed by atoms with Crippen LogP contribution >= 0.6 is 10.7 Å². The molecule has 1 aromatic carbocycles. The monoisotopic (exact) mass is 322 g/mol. The van der Waals surface area contributed by atoms with Gasteiger partial charge in [0.05, 0.1) is 17.3 Å². The predicted molar refractivity (Wildman–Crippen MR) is 73.2 cm³/mol. The molecule has 0 aliphatic carbocycles. The molecule has 0 atom stereocenters. The maximum Gasteiger partial charge on any atom is 0.401 e. The second kappa shape index (κ2) is 6.81. The van der Waals surface area contributed by atoms with Gasteiger partial charge >= 0.3 is 15.3 Å². The summed E-state index contributed by atoms with van der Waals surface area (Å²) in [5, 5.41) is 9.65. The van der Waals surface area contributed by atoms with Crippen LogP contribution in [0.3, 0.4) is 0 Å². The lowest BCUT2D eigenvalue weighted by atomic mass is 10.1. The fraction of sp³-hybridized carbons (Fsp3) is 0.417. The number of ether oxygens (including phenoxy) is 1. The summed E-state index contributed by atoms with van der Waals surface area (Å²) in [6.07, 6.45) is 0.707. The van der Waals surface area contributed by atoms with Crippen LogP contribution in [0.15, 0.2) is 18.2 Å². The molecule has 0 saturated carbocycles. The smallest absolute Gasteiger partial charge is 0.401 e. The van der Waals surface area contributed by atoms with Crippen molar-refractivity contribution in [2.45, 2.75) is 20.3 Å². The van der Waals surface area contributed by atoms with Gasteiger partial charge in [0, 0.05) is 6.07 Å². The quantitative estimate of drug-likeness (QED) is 0.639. The van der Waals surface area contributed by atoms with Crippen LogP contribution < -0.4 is 4.18 Å². The number of hydrogen-bond acceptors (Lipinski definition) is 6. The molecule has 0 saturated heterocycles. The first kappa shape index (κ1) is 16.6. The Kier molecular flexibility index (Phi) is 5.64. The van der Waals surface area contributed by atoms with E-state index in [1.165, 1.54) is 12.1 Å². The molecular weight excluding hydrogens is 308 g/mol. The number of aromatic hydroxyl groups is 1. The molecule has 1 rings (SSSR count). The fourth-order valence-electron chi connectivity index (χ4n) is 1.32. The Morgan fingerprint density at radius 2 is 2.05 bits per heavy atom. The second-order valence-corrected chi connectivity index (χ2v) is 6.56. The molecule has 0 heterocycles. The minimum Gasteiger partial charge on any atom is -0.507 e. The highest BCUT2D eigenvalue weighted by molar-refractivity contribution is 8.10. The van der Waals surface area contributed by atoms with E-state index < -0.39 is 21.1 Å². The third kappa shape index (κ3) is 5.66. The van der Waals surface area contributed by atoms with Crippen LogP contribution in [-0.2, 0) is 14.1 Å². The van der Waals surface area contributed by atoms with E-state index in [0.29, 0.717) is 12.3 Å². The summed E-state index contributed by atoms with van der Waals surface area (Å²) in [4.78, 5) is 11.7. The Balaban J connectivity index is 2.75. The summed E-state index contributed by atoms with van der Waals surface area (Å²) in [6.45, 7) is 4.22. The first-order valence-electron chi connectivity index (χ1n) is 5.83. The number of rotatable bonds is 6. The van der Waals surface area contributed by atoms with Crippen LogP contribution in [0.5, 0.6) is 11.5 Å². The van der Waals surface area contributed by atoms with Gasteiger partial charge in [-0.25, -0.2) is 4.79 Å². The summed E-state index contributed by atoms with van der Waals surface area (Å²) in [5.41, 5.74) is -0.0759. The van der Waals surface area contributed by atoms with Crippen molar-refractivity contribution >= 4 is 26.0 Å². The molecule has 0 bridgehead atoms. The second-order valence-electron chi connectivity index (χ2n) is 4.47. The highest BCUT2D eigenvalue weighted by Crippen LogP contribution is 2.25. The standard InChI is InChI=1S/C12H15ClO6S/c1-8(2)5-6-18-12(15)10-4-3-9(7-11(10)14)19-20(13,16)17/h3-4,7-8,14H,5-6H2,1-2H3. The van der Waals surface area contributed by atoms with E-state index in [-0.39, 0.29) is 17.9 Å². The average Bonchev–Trinajstić information content (AvgIpc) is 2.25. The number of esters is 1. The molecule has 0 fully saturated rings. The Morgan fingerprint density at radius 1 is 1.40 bits per heavy atom. The molecular formula is C12H15ClO6S. The lowest BCUT2D eigenvalue weighted by Crippen LogP contribution is -2.08. The minimum atomic E-state index is -4.21. The molecule has 0 aliphatic rings. The molecule has 8 heteroatoms. The van der Waals surface area contributed by atoms with Crippen molar-refractivity contribution in [3.63, 3.8) is 0 Å². The Labute approximate surface area is 121 Å². The van der Waals surface area contributed by atoms with Crippen molar-refractivity contribution in [2.75, 3.05) is 6.61 Å². The van der Waals surface area contributed by atoms with Crippen LogP contribution in [0, 0.1) is 5.92 Å². The molecule has 20 heavy (non-hydrogen) atoms. The van der Waals surface area contributed by atoms with Crippen LogP contribution in [0.25, 0.3) is 0 Å². The molecule has 1 aromatic rings. The van der Waals surface area contributed by atoms with Gasteiger partial charge in [-0.05, 0) is 24.5 Å². The molecule has 0 aliphatic heterocycles. The van der Waals surface area contributed by atoms with Gasteiger partial charge in [0.25, 0.3) is 0 Å². The number of benzene rings is 1. The van der Waals surface area contributed by atoms with Crippen molar-refractivity contribution < 1.29 is 27.2 Å². The molecule has 0 unspecified atom stereocenters. The molecule has 0 aromatic heterocycles. The third-order valence-corrected chi connectivity index (χ3v) is 2.89. The first-order chi connectivity index (χ1) is 9.19. The van der Waals surface area contributed by atoms with Crippen molar-refractivity contribution in [3.05, 3.63) is 23.8 Å². The fourth-order valence-corrected chi connectivity index (χ4v) is 1.87. The largest absolute Gasteiger partial charge is 0.507 e. The van der Waals surface area contributed by atoms with E-state index in [0.717, 1.165) is 6.07 Å². The van der Waals surface area contributed by atoms with Crippen molar-refractivity contribution in [3.8, 4) is 11.5 Å². The van der Waals surface area contributed by atoms with E-state index in [1.807, 2.05) is 13.8 Å². The summed E-state index contributed by atoms with van der Waals surface area (Å²) >= 11 is 0. The molecule has 0 amide bonds. The highest BCUT2D eigenvalue weighted by atomic mass is 35.7. The number of hydrogen-bond donors (Lipinski definition) is 1. The van der Waals surface area contributed by atoms with Gasteiger partial charge in [0.2, 0.25) is 0 Å². The first-order valence-corrected chi connectivity index (χ1v) is 8.06. The van der Waals surface area contributed by atoms with E-state index in [1.54, 1.807) is 0 Å². The van der Waals surface area contributed by atoms with Gasteiger partial charge in [0.1, 0.15) is 17.1 Å². The van der Waals surface area contributed by atoms with Crippen LogP contribution in [-0.4, -0.2) is 26.1 Å². The van der Waals surface area contributed by atoms with Crippen molar-refractivity contribution in [1.29, 1.82) is 0 Å². The minimum absolute atomic E-state index is 0.0759. The van der Waals surface area contributed by atoms with Crippen molar-refractivity contribution in [2.24, 2.45) is 5.92 Å².